The van der Waals surface area contributed by atoms with Crippen LogP contribution in [0.3, 0.4) is 0 Å². The highest BCUT2D eigenvalue weighted by atomic mass is 19.3. The molecule has 0 amide bonds. The molecule has 1 aromatic rings. The van der Waals surface area contributed by atoms with Crippen molar-refractivity contribution in [3.05, 3.63) is 11.7 Å². The van der Waals surface area contributed by atoms with Crippen molar-refractivity contribution in [2.75, 3.05) is 6.61 Å². The van der Waals surface area contributed by atoms with Crippen molar-refractivity contribution in [1.29, 1.82) is 0 Å². The third-order valence-electron chi connectivity index (χ3n) is 3.46. The van der Waals surface area contributed by atoms with Gasteiger partial charge in [-0.1, -0.05) is 18.0 Å². The van der Waals surface area contributed by atoms with Gasteiger partial charge in [-0.2, -0.15) is 13.8 Å². The number of nitrogens with two attached hydrogens (primary N) is 1. The average molecular weight is 311 g/mol. The third-order valence-corrected chi connectivity index (χ3v) is 3.46. The standard InChI is InChI=1S/C12H17F4N3O2/c13-10(14)12(15,16)7-20-6-8-18-9(21-19-8)5-11(17)3-1-2-4-11/h10H,1-7,17H2. The van der Waals surface area contributed by atoms with Crippen molar-refractivity contribution in [2.45, 2.75) is 56.6 Å². The van der Waals surface area contributed by atoms with Crippen LogP contribution in [0.15, 0.2) is 4.52 Å². The van der Waals surface area contributed by atoms with Crippen LogP contribution in [0.5, 0.6) is 0 Å². The van der Waals surface area contributed by atoms with Crippen molar-refractivity contribution < 1.29 is 26.8 Å². The molecule has 1 aliphatic carbocycles. The molecule has 120 valence electrons. The molecule has 5 nitrogen and oxygen atoms in total. The number of ether oxygens (including phenoxy) is 1. The van der Waals surface area contributed by atoms with E-state index in [1.54, 1.807) is 0 Å². The zero-order valence-corrected chi connectivity index (χ0v) is 11.3. The second kappa shape index (κ2) is 6.27. The molecule has 1 heterocycles. The predicted octanol–water partition coefficient (Wildman–Crippen LogP) is 2.30. The van der Waals surface area contributed by atoms with E-state index in [4.69, 9.17) is 10.3 Å². The summed E-state index contributed by atoms with van der Waals surface area (Å²) in [7, 11) is 0. The number of aromatic nitrogens is 2. The maximum atomic E-state index is 12.6. The summed E-state index contributed by atoms with van der Waals surface area (Å²) in [6.07, 6.45) is 0.460. The Morgan fingerprint density at radius 1 is 1.33 bits per heavy atom. The first-order valence-corrected chi connectivity index (χ1v) is 6.65. The van der Waals surface area contributed by atoms with E-state index in [0.717, 1.165) is 25.7 Å². The summed E-state index contributed by atoms with van der Waals surface area (Å²) in [5.41, 5.74) is 5.78. The lowest BCUT2D eigenvalue weighted by Gasteiger charge is -2.20. The fourth-order valence-electron chi connectivity index (χ4n) is 2.32. The number of alkyl halides is 4. The zero-order valence-electron chi connectivity index (χ0n) is 11.3. The molecule has 0 atom stereocenters. The Hall–Kier alpha value is -1.22. The van der Waals surface area contributed by atoms with Crippen LogP contribution in [0, 0.1) is 0 Å². The minimum Gasteiger partial charge on any atom is -0.367 e. The van der Waals surface area contributed by atoms with Crippen LogP contribution in [0.25, 0.3) is 0 Å². The normalized spacial score (nSPS) is 18.6. The Morgan fingerprint density at radius 2 is 2.00 bits per heavy atom. The molecule has 2 N–H and O–H groups in total. The van der Waals surface area contributed by atoms with Gasteiger partial charge < -0.3 is 15.0 Å². The van der Waals surface area contributed by atoms with E-state index in [9.17, 15) is 17.6 Å². The molecule has 0 bridgehead atoms. The number of rotatable bonds is 7. The van der Waals surface area contributed by atoms with Crippen LogP contribution in [0.2, 0.25) is 0 Å². The highest BCUT2D eigenvalue weighted by Gasteiger charge is 2.41. The van der Waals surface area contributed by atoms with Gasteiger partial charge in [0.25, 0.3) is 0 Å². The summed E-state index contributed by atoms with van der Waals surface area (Å²) in [5.74, 6) is -3.84. The van der Waals surface area contributed by atoms with Crippen LogP contribution < -0.4 is 5.73 Å². The summed E-state index contributed by atoms with van der Waals surface area (Å²) in [5, 5.41) is 3.55. The lowest BCUT2D eigenvalue weighted by atomic mass is 9.95. The summed E-state index contributed by atoms with van der Waals surface area (Å²) in [6, 6.07) is 0. The average Bonchev–Trinajstić information content (AvgIpc) is 2.99. The SMILES string of the molecule is NC1(Cc2nc(COCC(F)(F)C(F)F)no2)CCCC1. The molecule has 1 saturated carbocycles. The summed E-state index contributed by atoms with van der Waals surface area (Å²) < 4.78 is 58.5. The van der Waals surface area contributed by atoms with Gasteiger partial charge in [-0.3, -0.25) is 0 Å². The van der Waals surface area contributed by atoms with Gasteiger partial charge in [0.05, 0.1) is 0 Å². The molecule has 0 radical (unpaired) electrons. The Bertz CT molecular complexity index is 461. The molecule has 0 saturated heterocycles. The van der Waals surface area contributed by atoms with Gasteiger partial charge in [0.15, 0.2) is 5.82 Å². The summed E-state index contributed by atoms with van der Waals surface area (Å²) in [6.45, 7) is -1.81. The highest BCUT2D eigenvalue weighted by molar-refractivity contribution is 4.98. The Labute approximate surface area is 118 Å². The van der Waals surface area contributed by atoms with Gasteiger partial charge in [-0.05, 0) is 12.8 Å². The second-order valence-corrected chi connectivity index (χ2v) is 5.41. The molecule has 0 aliphatic heterocycles. The molecular formula is C12H17F4N3O2. The van der Waals surface area contributed by atoms with Crippen LogP contribution in [0.4, 0.5) is 17.6 Å². The first-order chi connectivity index (χ1) is 9.81. The Morgan fingerprint density at radius 3 is 2.62 bits per heavy atom. The first-order valence-electron chi connectivity index (χ1n) is 6.65. The summed E-state index contributed by atoms with van der Waals surface area (Å²) in [4.78, 5) is 3.97. The van der Waals surface area contributed by atoms with Crippen molar-refractivity contribution in [2.24, 2.45) is 5.73 Å². The smallest absolute Gasteiger partial charge is 0.330 e. The van der Waals surface area contributed by atoms with Gasteiger partial charge in [0, 0.05) is 12.0 Å². The van der Waals surface area contributed by atoms with Crippen molar-refractivity contribution in [3.63, 3.8) is 0 Å². The fourth-order valence-corrected chi connectivity index (χ4v) is 2.32. The fraction of sp³-hybridized carbons (Fsp3) is 0.833. The minimum absolute atomic E-state index is 0.0386. The number of hydrogen-bond acceptors (Lipinski definition) is 5. The number of nitrogens with zero attached hydrogens (tertiary/aromatic N) is 2. The molecule has 0 spiro atoms. The molecule has 2 rings (SSSR count). The second-order valence-electron chi connectivity index (χ2n) is 5.41. The van der Waals surface area contributed by atoms with E-state index in [0.29, 0.717) is 12.3 Å². The van der Waals surface area contributed by atoms with Crippen LogP contribution in [0.1, 0.15) is 37.4 Å². The van der Waals surface area contributed by atoms with Gasteiger partial charge in [-0.15, -0.1) is 0 Å². The topological polar surface area (TPSA) is 74.2 Å². The highest BCUT2D eigenvalue weighted by Crippen LogP contribution is 2.30. The van der Waals surface area contributed by atoms with Crippen molar-refractivity contribution in [1.82, 2.24) is 10.1 Å². The number of halogens is 4. The molecule has 1 aromatic heterocycles. The number of hydrogen-bond donors (Lipinski definition) is 1. The van der Waals surface area contributed by atoms with Crippen molar-refractivity contribution in [3.8, 4) is 0 Å². The quantitative estimate of drug-likeness (QED) is 0.782. The van der Waals surface area contributed by atoms with Gasteiger partial charge in [0.1, 0.15) is 13.2 Å². The van der Waals surface area contributed by atoms with E-state index in [1.807, 2.05) is 0 Å². The Balaban J connectivity index is 1.81. The molecule has 21 heavy (non-hydrogen) atoms. The maximum absolute atomic E-state index is 12.6. The molecule has 1 fully saturated rings. The minimum atomic E-state index is -4.18. The largest absolute Gasteiger partial charge is 0.367 e. The zero-order chi connectivity index (χ0) is 15.5. The van der Waals surface area contributed by atoms with Crippen LogP contribution >= 0.6 is 0 Å². The molecule has 0 unspecified atom stereocenters. The van der Waals surface area contributed by atoms with E-state index in [1.165, 1.54) is 0 Å². The lowest BCUT2D eigenvalue weighted by molar-refractivity contribution is -0.168. The van der Waals surface area contributed by atoms with Crippen LogP contribution in [-0.4, -0.2) is 34.6 Å². The van der Waals surface area contributed by atoms with Crippen molar-refractivity contribution >= 4 is 0 Å². The molecule has 9 heteroatoms. The van der Waals surface area contributed by atoms with E-state index < -0.39 is 25.6 Å². The van der Waals surface area contributed by atoms with Gasteiger partial charge in [0.2, 0.25) is 5.89 Å². The first kappa shape index (κ1) is 16.2. The van der Waals surface area contributed by atoms with Gasteiger partial charge in [-0.25, -0.2) is 8.78 Å². The Kier molecular flexibility index (Phi) is 4.82. The van der Waals surface area contributed by atoms with E-state index in [2.05, 4.69) is 14.9 Å². The van der Waals surface area contributed by atoms with Gasteiger partial charge >= 0.3 is 12.3 Å². The predicted molar refractivity (Wildman–Crippen MR) is 64.0 cm³/mol. The monoisotopic (exact) mass is 311 g/mol. The van der Waals surface area contributed by atoms with E-state index in [-0.39, 0.29) is 11.4 Å². The maximum Gasteiger partial charge on any atom is 0.330 e. The molecular weight excluding hydrogens is 294 g/mol. The molecule has 1 aliphatic rings. The molecule has 0 aromatic carbocycles. The van der Waals surface area contributed by atoms with Crippen LogP contribution in [-0.2, 0) is 17.8 Å². The lowest BCUT2D eigenvalue weighted by Crippen LogP contribution is -2.38. The van der Waals surface area contributed by atoms with E-state index >= 15 is 0 Å². The summed E-state index contributed by atoms with van der Waals surface area (Å²) >= 11 is 0. The third kappa shape index (κ3) is 4.37.